The lowest BCUT2D eigenvalue weighted by Crippen LogP contribution is -2.49. The lowest BCUT2D eigenvalue weighted by atomic mass is 9.96. The highest BCUT2D eigenvalue weighted by atomic mass is 32.2. The second-order valence-electron chi connectivity index (χ2n) is 5.01. The van der Waals surface area contributed by atoms with Crippen molar-refractivity contribution in [2.75, 3.05) is 25.9 Å². The van der Waals surface area contributed by atoms with Crippen LogP contribution in [0.25, 0.3) is 0 Å². The number of piperidine rings is 1. The number of rotatable bonds is 3. The standard InChI is InChI=1S/C12H19N3O3S/c1-12(18-2)5-3-7-15(9-12)19(16,17)11-8-14-6-4-10(11)13/h4,6,8H,3,5,7,9H2,1-2H3,(H2,13,14). The molecule has 0 bridgehead atoms. The highest BCUT2D eigenvalue weighted by Gasteiger charge is 2.37. The summed E-state index contributed by atoms with van der Waals surface area (Å²) in [5.41, 5.74) is 5.52. The van der Waals surface area contributed by atoms with Crippen molar-refractivity contribution in [3.8, 4) is 0 Å². The number of nitrogens with two attached hydrogens (primary N) is 1. The first kappa shape index (κ1) is 14.2. The van der Waals surface area contributed by atoms with E-state index in [1.54, 1.807) is 7.11 Å². The Morgan fingerprint density at radius 1 is 1.53 bits per heavy atom. The molecule has 0 spiro atoms. The molecule has 2 heterocycles. The maximum atomic E-state index is 12.6. The summed E-state index contributed by atoms with van der Waals surface area (Å²) in [6.45, 7) is 2.73. The molecule has 1 saturated heterocycles. The molecule has 1 aliphatic heterocycles. The van der Waals surface area contributed by atoms with E-state index in [-0.39, 0.29) is 10.6 Å². The Kier molecular flexibility index (Phi) is 3.80. The van der Waals surface area contributed by atoms with Crippen molar-refractivity contribution in [2.24, 2.45) is 0 Å². The van der Waals surface area contributed by atoms with E-state index in [0.717, 1.165) is 12.8 Å². The predicted octanol–water partition coefficient (Wildman–Crippen LogP) is 0.853. The molecule has 1 unspecified atom stereocenters. The molecule has 1 aromatic heterocycles. The highest BCUT2D eigenvalue weighted by molar-refractivity contribution is 7.89. The van der Waals surface area contributed by atoms with E-state index in [9.17, 15) is 8.42 Å². The van der Waals surface area contributed by atoms with Gasteiger partial charge in [-0.3, -0.25) is 4.98 Å². The quantitative estimate of drug-likeness (QED) is 0.890. The maximum Gasteiger partial charge on any atom is 0.246 e. The Hall–Kier alpha value is -1.18. The molecule has 19 heavy (non-hydrogen) atoms. The molecule has 0 saturated carbocycles. The number of nitrogens with zero attached hydrogens (tertiary/aromatic N) is 2. The van der Waals surface area contributed by atoms with Crippen LogP contribution in [0.3, 0.4) is 0 Å². The number of hydrogen-bond acceptors (Lipinski definition) is 5. The molecule has 2 rings (SSSR count). The molecule has 0 amide bonds. The fourth-order valence-corrected chi connectivity index (χ4v) is 3.93. The number of nitrogen functional groups attached to an aromatic ring is 1. The van der Waals surface area contributed by atoms with Crippen molar-refractivity contribution in [1.82, 2.24) is 9.29 Å². The van der Waals surface area contributed by atoms with Crippen molar-refractivity contribution >= 4 is 15.7 Å². The second kappa shape index (κ2) is 5.07. The fourth-order valence-electron chi connectivity index (χ4n) is 2.28. The molecule has 1 fully saturated rings. The van der Waals surface area contributed by atoms with Gasteiger partial charge in [0.05, 0.1) is 11.3 Å². The normalized spacial score (nSPS) is 25.4. The molecular formula is C12H19N3O3S. The van der Waals surface area contributed by atoms with Crippen molar-refractivity contribution < 1.29 is 13.2 Å². The minimum atomic E-state index is -3.61. The van der Waals surface area contributed by atoms with Crippen LogP contribution in [0.1, 0.15) is 19.8 Å². The van der Waals surface area contributed by atoms with Crippen LogP contribution in [0.2, 0.25) is 0 Å². The minimum Gasteiger partial charge on any atom is -0.398 e. The highest BCUT2D eigenvalue weighted by Crippen LogP contribution is 2.29. The van der Waals surface area contributed by atoms with E-state index < -0.39 is 15.6 Å². The van der Waals surface area contributed by atoms with Crippen molar-refractivity contribution in [2.45, 2.75) is 30.3 Å². The number of anilines is 1. The van der Waals surface area contributed by atoms with Gasteiger partial charge in [0.25, 0.3) is 0 Å². The van der Waals surface area contributed by atoms with Gasteiger partial charge in [0.15, 0.2) is 0 Å². The van der Waals surface area contributed by atoms with Crippen molar-refractivity contribution in [3.05, 3.63) is 18.5 Å². The zero-order valence-electron chi connectivity index (χ0n) is 11.2. The average Bonchev–Trinajstić information content (AvgIpc) is 2.39. The summed E-state index contributed by atoms with van der Waals surface area (Å²) in [6.07, 6.45) is 4.38. The van der Waals surface area contributed by atoms with Gasteiger partial charge in [0.1, 0.15) is 4.90 Å². The summed E-state index contributed by atoms with van der Waals surface area (Å²) in [5.74, 6) is 0. The average molecular weight is 285 g/mol. The largest absolute Gasteiger partial charge is 0.398 e. The Morgan fingerprint density at radius 3 is 2.89 bits per heavy atom. The summed E-state index contributed by atoms with van der Waals surface area (Å²) in [4.78, 5) is 3.91. The van der Waals surface area contributed by atoms with Gasteiger partial charge in [0, 0.05) is 32.6 Å². The lowest BCUT2D eigenvalue weighted by molar-refractivity contribution is -0.0319. The van der Waals surface area contributed by atoms with Gasteiger partial charge in [-0.25, -0.2) is 8.42 Å². The predicted molar refractivity (Wildman–Crippen MR) is 72.1 cm³/mol. The molecule has 7 heteroatoms. The zero-order chi connectivity index (χ0) is 14.1. The Bertz CT molecular complexity index is 561. The van der Waals surface area contributed by atoms with E-state index >= 15 is 0 Å². The van der Waals surface area contributed by atoms with E-state index in [1.165, 1.54) is 22.8 Å². The van der Waals surface area contributed by atoms with Crippen LogP contribution in [0, 0.1) is 0 Å². The van der Waals surface area contributed by atoms with E-state index in [0.29, 0.717) is 13.1 Å². The Morgan fingerprint density at radius 2 is 2.26 bits per heavy atom. The molecule has 106 valence electrons. The summed E-state index contributed by atoms with van der Waals surface area (Å²) < 4.78 is 32.0. The van der Waals surface area contributed by atoms with Crippen LogP contribution in [0.5, 0.6) is 0 Å². The molecule has 1 atom stereocenters. The van der Waals surface area contributed by atoms with Gasteiger partial charge in [-0.15, -0.1) is 0 Å². The van der Waals surface area contributed by atoms with E-state index in [4.69, 9.17) is 10.5 Å². The van der Waals surface area contributed by atoms with Gasteiger partial charge in [-0.1, -0.05) is 0 Å². The van der Waals surface area contributed by atoms with E-state index in [2.05, 4.69) is 4.98 Å². The summed E-state index contributed by atoms with van der Waals surface area (Å²) in [7, 11) is -2.00. The number of aromatic nitrogens is 1. The summed E-state index contributed by atoms with van der Waals surface area (Å²) >= 11 is 0. The Labute approximate surface area is 113 Å². The van der Waals surface area contributed by atoms with Gasteiger partial charge in [-0.05, 0) is 25.8 Å². The molecule has 0 aliphatic carbocycles. The van der Waals surface area contributed by atoms with Crippen molar-refractivity contribution in [1.29, 1.82) is 0 Å². The lowest BCUT2D eigenvalue weighted by Gasteiger charge is -2.38. The van der Waals surface area contributed by atoms with Gasteiger partial charge in [-0.2, -0.15) is 4.31 Å². The first-order chi connectivity index (χ1) is 8.89. The first-order valence-electron chi connectivity index (χ1n) is 6.14. The number of sulfonamides is 1. The number of ether oxygens (including phenoxy) is 1. The third-order valence-corrected chi connectivity index (χ3v) is 5.44. The fraction of sp³-hybridized carbons (Fsp3) is 0.583. The maximum absolute atomic E-state index is 12.6. The van der Waals surface area contributed by atoms with Crippen LogP contribution >= 0.6 is 0 Å². The third kappa shape index (κ3) is 2.72. The third-order valence-electron chi connectivity index (χ3n) is 3.55. The van der Waals surface area contributed by atoms with E-state index in [1.807, 2.05) is 6.92 Å². The zero-order valence-corrected chi connectivity index (χ0v) is 12.0. The van der Waals surface area contributed by atoms with Crippen LogP contribution < -0.4 is 5.73 Å². The van der Waals surface area contributed by atoms with Crippen LogP contribution in [-0.2, 0) is 14.8 Å². The number of pyridine rings is 1. The van der Waals surface area contributed by atoms with Gasteiger partial charge >= 0.3 is 0 Å². The molecule has 1 aliphatic rings. The summed E-state index contributed by atoms with van der Waals surface area (Å²) in [6, 6.07) is 1.49. The SMILES string of the molecule is COC1(C)CCCN(S(=O)(=O)c2cnccc2N)C1. The molecule has 0 aromatic carbocycles. The van der Waals surface area contributed by atoms with Crippen LogP contribution in [0.4, 0.5) is 5.69 Å². The van der Waals surface area contributed by atoms with Crippen LogP contribution in [-0.4, -0.2) is 43.5 Å². The number of methoxy groups -OCH3 is 1. The topological polar surface area (TPSA) is 85.5 Å². The smallest absolute Gasteiger partial charge is 0.246 e. The van der Waals surface area contributed by atoms with Gasteiger partial charge in [0.2, 0.25) is 10.0 Å². The molecule has 1 aromatic rings. The van der Waals surface area contributed by atoms with Gasteiger partial charge < -0.3 is 10.5 Å². The number of hydrogen-bond donors (Lipinski definition) is 1. The summed E-state index contributed by atoms with van der Waals surface area (Å²) in [5, 5.41) is 0. The molecule has 6 nitrogen and oxygen atoms in total. The van der Waals surface area contributed by atoms with Crippen molar-refractivity contribution in [3.63, 3.8) is 0 Å². The minimum absolute atomic E-state index is 0.0651. The second-order valence-corrected chi connectivity index (χ2v) is 6.92. The molecule has 0 radical (unpaired) electrons. The monoisotopic (exact) mass is 285 g/mol. The first-order valence-corrected chi connectivity index (χ1v) is 7.58. The molecular weight excluding hydrogens is 266 g/mol. The Balaban J connectivity index is 2.33. The molecule has 2 N–H and O–H groups in total. The van der Waals surface area contributed by atoms with Crippen LogP contribution in [0.15, 0.2) is 23.4 Å².